The van der Waals surface area contributed by atoms with Crippen molar-refractivity contribution in [1.29, 1.82) is 0 Å². The van der Waals surface area contributed by atoms with E-state index in [-0.39, 0.29) is 17.7 Å². The van der Waals surface area contributed by atoms with Gasteiger partial charge in [0.15, 0.2) is 5.82 Å². The monoisotopic (exact) mass is 465 g/mol. The number of carbonyl (C=O) groups is 2. The van der Waals surface area contributed by atoms with Crippen LogP contribution >= 0.6 is 11.8 Å². The summed E-state index contributed by atoms with van der Waals surface area (Å²) in [5, 5.41) is 13.3. The molecule has 0 bridgehead atoms. The highest BCUT2D eigenvalue weighted by Crippen LogP contribution is 2.49. The predicted octanol–water partition coefficient (Wildman–Crippen LogP) is 5.14. The molecule has 1 amide bonds. The van der Waals surface area contributed by atoms with Gasteiger partial charge in [-0.25, -0.2) is 4.98 Å². The van der Waals surface area contributed by atoms with Gasteiger partial charge in [0.1, 0.15) is 5.78 Å². The first-order valence-electron chi connectivity index (χ1n) is 12.1. The maximum Gasteiger partial charge on any atom is 0.233 e. The number of Topliss-reactive ketones (excluding diaryl/α,β-unsaturated/α-hetero) is 1. The molecule has 3 aliphatic rings. The van der Waals surface area contributed by atoms with Gasteiger partial charge in [-0.2, -0.15) is 0 Å². The van der Waals surface area contributed by atoms with Crippen LogP contribution in [0, 0.1) is 5.92 Å². The molecule has 3 fully saturated rings. The third-order valence-corrected chi connectivity index (χ3v) is 8.29. The van der Waals surface area contributed by atoms with Crippen LogP contribution in [0.5, 0.6) is 0 Å². The minimum Gasteiger partial charge on any atom is -0.387 e. The zero-order valence-corrected chi connectivity index (χ0v) is 19.8. The lowest BCUT2D eigenvalue weighted by Gasteiger charge is -2.22. The zero-order chi connectivity index (χ0) is 22.9. The standard InChI is InChI=1S/C26H31N3O3S/c1-15(30)23-13-28-25(14-27-23)29-26(32)22(11-16-2-6-19(31)10-16)18-5-9-24(33-20-7-8-20)21(12-18)17-3-4-17/h5,9,12-17,20,22,30H,2-4,6-8,10-11H2,1H3,(H,28,29,32)/t15?,16-,22+/m0/s1. The molecule has 5 rings (SSSR count). The third kappa shape index (κ3) is 5.64. The number of hydrogen-bond donors (Lipinski definition) is 2. The van der Waals surface area contributed by atoms with Gasteiger partial charge < -0.3 is 10.4 Å². The number of nitrogens with one attached hydrogen (secondary N) is 1. The molecule has 0 saturated heterocycles. The van der Waals surface area contributed by atoms with Gasteiger partial charge in [-0.15, -0.1) is 11.8 Å². The fourth-order valence-corrected chi connectivity index (χ4v) is 5.86. The van der Waals surface area contributed by atoms with Gasteiger partial charge in [-0.05, 0) is 74.5 Å². The van der Waals surface area contributed by atoms with Crippen molar-refractivity contribution in [2.24, 2.45) is 5.92 Å². The van der Waals surface area contributed by atoms with Crippen LogP contribution < -0.4 is 5.32 Å². The number of amides is 1. The van der Waals surface area contributed by atoms with E-state index in [9.17, 15) is 14.7 Å². The number of nitrogens with zero attached hydrogens (tertiary/aromatic N) is 2. The zero-order valence-electron chi connectivity index (χ0n) is 19.0. The molecule has 6 nitrogen and oxygen atoms in total. The molecule has 1 heterocycles. The van der Waals surface area contributed by atoms with E-state index in [1.807, 2.05) is 11.8 Å². The highest BCUT2D eigenvalue weighted by Gasteiger charge is 2.33. The third-order valence-electron chi connectivity index (χ3n) is 6.86. The first-order chi connectivity index (χ1) is 16.0. The lowest BCUT2D eigenvalue weighted by molar-refractivity contribution is -0.119. The average molecular weight is 466 g/mol. The largest absolute Gasteiger partial charge is 0.387 e. The number of aromatic nitrogens is 2. The van der Waals surface area contributed by atoms with Crippen molar-refractivity contribution in [3.63, 3.8) is 0 Å². The molecule has 33 heavy (non-hydrogen) atoms. The van der Waals surface area contributed by atoms with Crippen LogP contribution in [0.2, 0.25) is 0 Å². The Labute approximate surface area is 199 Å². The summed E-state index contributed by atoms with van der Waals surface area (Å²) in [7, 11) is 0. The number of thioether (sulfide) groups is 1. The van der Waals surface area contributed by atoms with E-state index < -0.39 is 6.10 Å². The van der Waals surface area contributed by atoms with E-state index in [1.165, 1.54) is 48.5 Å². The van der Waals surface area contributed by atoms with Gasteiger partial charge in [0.05, 0.1) is 30.1 Å². The second-order valence-electron chi connectivity index (χ2n) is 9.82. The molecule has 3 saturated carbocycles. The molecule has 0 aliphatic heterocycles. The summed E-state index contributed by atoms with van der Waals surface area (Å²) in [6.45, 7) is 1.63. The van der Waals surface area contributed by atoms with Crippen molar-refractivity contribution in [1.82, 2.24) is 9.97 Å². The van der Waals surface area contributed by atoms with Crippen molar-refractivity contribution in [3.8, 4) is 0 Å². The molecule has 1 unspecified atom stereocenters. The number of rotatable bonds is 9. The minimum absolute atomic E-state index is 0.113. The number of ketones is 1. The first-order valence-corrected chi connectivity index (χ1v) is 13.0. The average Bonchev–Trinajstić information content (AvgIpc) is 3.73. The lowest BCUT2D eigenvalue weighted by atomic mass is 9.86. The molecular formula is C26H31N3O3S. The van der Waals surface area contributed by atoms with Crippen LogP contribution in [-0.2, 0) is 9.59 Å². The minimum atomic E-state index is -0.706. The summed E-state index contributed by atoms with van der Waals surface area (Å²) in [5.74, 6) is 1.08. The number of aliphatic hydroxyl groups is 1. The molecule has 1 aromatic carbocycles. The summed E-state index contributed by atoms with van der Waals surface area (Å²) >= 11 is 1.99. The Hall–Kier alpha value is -2.25. The summed E-state index contributed by atoms with van der Waals surface area (Å²) in [6, 6.07) is 6.58. The van der Waals surface area contributed by atoms with E-state index in [4.69, 9.17) is 0 Å². The Kier molecular flexibility index (Phi) is 6.52. The van der Waals surface area contributed by atoms with E-state index in [2.05, 4.69) is 33.5 Å². The van der Waals surface area contributed by atoms with Gasteiger partial charge >= 0.3 is 0 Å². The van der Waals surface area contributed by atoms with Crippen LogP contribution in [0.15, 0.2) is 35.5 Å². The van der Waals surface area contributed by atoms with E-state index in [0.29, 0.717) is 42.5 Å². The number of anilines is 1. The fourth-order valence-electron chi connectivity index (χ4n) is 4.62. The van der Waals surface area contributed by atoms with Crippen molar-refractivity contribution < 1.29 is 14.7 Å². The molecule has 3 aliphatic carbocycles. The fraction of sp³-hybridized carbons (Fsp3) is 0.538. The highest BCUT2D eigenvalue weighted by atomic mass is 32.2. The van der Waals surface area contributed by atoms with E-state index in [0.717, 1.165) is 17.2 Å². The van der Waals surface area contributed by atoms with Gasteiger partial charge in [0, 0.05) is 23.0 Å². The van der Waals surface area contributed by atoms with E-state index in [1.54, 1.807) is 6.92 Å². The summed E-state index contributed by atoms with van der Waals surface area (Å²) in [4.78, 5) is 35.2. The molecule has 3 atom stereocenters. The molecule has 1 aromatic heterocycles. The quantitative estimate of drug-likeness (QED) is 0.532. The summed E-state index contributed by atoms with van der Waals surface area (Å²) in [5.41, 5.74) is 2.89. The molecular weight excluding hydrogens is 434 g/mol. The van der Waals surface area contributed by atoms with Crippen molar-refractivity contribution in [2.45, 2.75) is 86.4 Å². The SMILES string of the molecule is CC(O)c1cnc(NC(=O)[C@H](C[C@H]2CCC(=O)C2)c2ccc(SC3CC3)c(C3CC3)c2)cn1. The summed E-state index contributed by atoms with van der Waals surface area (Å²) < 4.78 is 0. The Morgan fingerprint density at radius 2 is 2.00 bits per heavy atom. The number of benzene rings is 1. The van der Waals surface area contributed by atoms with Crippen LogP contribution in [-0.4, -0.2) is 32.0 Å². The maximum absolute atomic E-state index is 13.5. The van der Waals surface area contributed by atoms with Crippen LogP contribution in [0.3, 0.4) is 0 Å². The van der Waals surface area contributed by atoms with Gasteiger partial charge in [0.25, 0.3) is 0 Å². The Morgan fingerprint density at radius 1 is 1.18 bits per heavy atom. The van der Waals surface area contributed by atoms with Crippen molar-refractivity contribution >= 4 is 29.3 Å². The predicted molar refractivity (Wildman–Crippen MR) is 128 cm³/mol. The smallest absolute Gasteiger partial charge is 0.233 e. The molecule has 0 radical (unpaired) electrons. The highest BCUT2D eigenvalue weighted by molar-refractivity contribution is 8.00. The molecule has 0 spiro atoms. The molecule has 2 aromatic rings. The van der Waals surface area contributed by atoms with E-state index >= 15 is 0 Å². The normalized spacial score (nSPS) is 22.2. The van der Waals surface area contributed by atoms with Crippen molar-refractivity contribution in [3.05, 3.63) is 47.4 Å². The number of carbonyl (C=O) groups excluding carboxylic acids is 2. The molecule has 174 valence electrons. The topological polar surface area (TPSA) is 92.2 Å². The maximum atomic E-state index is 13.5. The Morgan fingerprint density at radius 3 is 2.61 bits per heavy atom. The number of hydrogen-bond acceptors (Lipinski definition) is 6. The van der Waals surface area contributed by atoms with Crippen molar-refractivity contribution in [2.75, 3.05) is 5.32 Å². The second-order valence-corrected chi connectivity index (χ2v) is 11.2. The van der Waals surface area contributed by atoms with Crippen LogP contribution in [0.1, 0.15) is 93.1 Å². The van der Waals surface area contributed by atoms with Gasteiger partial charge in [-0.3, -0.25) is 14.6 Å². The van der Waals surface area contributed by atoms with Crippen LogP contribution in [0.4, 0.5) is 5.82 Å². The molecule has 7 heteroatoms. The van der Waals surface area contributed by atoms with Gasteiger partial charge in [-0.1, -0.05) is 12.1 Å². The number of aliphatic hydroxyl groups excluding tert-OH is 1. The second kappa shape index (κ2) is 9.55. The Balaban J connectivity index is 1.39. The first kappa shape index (κ1) is 22.5. The molecule has 2 N–H and O–H groups in total. The summed E-state index contributed by atoms with van der Waals surface area (Å²) in [6.07, 6.45) is 10.0. The van der Waals surface area contributed by atoms with Crippen LogP contribution in [0.25, 0.3) is 0 Å². The lowest BCUT2D eigenvalue weighted by Crippen LogP contribution is -2.24. The Bertz CT molecular complexity index is 1030. The van der Waals surface area contributed by atoms with Gasteiger partial charge in [0.2, 0.25) is 5.91 Å².